The second-order valence-electron chi connectivity index (χ2n) is 6.22. The molecule has 2 heteroatoms. The van der Waals surface area contributed by atoms with Gasteiger partial charge in [-0.2, -0.15) is 0 Å². The van der Waals surface area contributed by atoms with Crippen LogP contribution in [0, 0.1) is 0 Å². The standard InChI is InChI=1S/C14H30OSi/c1-9-12(3)11-13(10-2)15-16(7,8)14(4,5)6/h13H,3,9-11H2,1-2,4-8H3/t13-/m0/s1. The molecule has 0 radical (unpaired) electrons. The molecule has 0 saturated heterocycles. The van der Waals surface area contributed by atoms with Gasteiger partial charge in [0, 0.05) is 6.10 Å². The summed E-state index contributed by atoms with van der Waals surface area (Å²) in [6.45, 7) is 20.0. The van der Waals surface area contributed by atoms with E-state index in [1.165, 1.54) is 5.57 Å². The van der Waals surface area contributed by atoms with Crippen LogP contribution in [0.3, 0.4) is 0 Å². The highest BCUT2D eigenvalue weighted by molar-refractivity contribution is 6.74. The van der Waals surface area contributed by atoms with E-state index < -0.39 is 8.32 Å². The quantitative estimate of drug-likeness (QED) is 0.463. The van der Waals surface area contributed by atoms with E-state index in [4.69, 9.17) is 4.43 Å². The SMILES string of the molecule is C=C(CC)C[C@H](CC)O[Si](C)(C)C(C)(C)C. The zero-order chi connectivity index (χ0) is 13.0. The maximum Gasteiger partial charge on any atom is 0.192 e. The van der Waals surface area contributed by atoms with E-state index in [1.807, 2.05) is 0 Å². The lowest BCUT2D eigenvalue weighted by atomic mass is 10.1. The van der Waals surface area contributed by atoms with Crippen LogP contribution < -0.4 is 0 Å². The van der Waals surface area contributed by atoms with Gasteiger partial charge in [0.2, 0.25) is 0 Å². The van der Waals surface area contributed by atoms with E-state index in [2.05, 4.69) is 54.3 Å². The van der Waals surface area contributed by atoms with Crippen molar-refractivity contribution in [3.8, 4) is 0 Å². The van der Waals surface area contributed by atoms with Crippen molar-refractivity contribution in [3.63, 3.8) is 0 Å². The lowest BCUT2D eigenvalue weighted by Gasteiger charge is -2.39. The molecule has 0 aliphatic carbocycles. The fraction of sp³-hybridized carbons (Fsp3) is 0.857. The van der Waals surface area contributed by atoms with Gasteiger partial charge in [0.15, 0.2) is 8.32 Å². The van der Waals surface area contributed by atoms with Gasteiger partial charge in [0.05, 0.1) is 0 Å². The first kappa shape index (κ1) is 15.9. The fourth-order valence-electron chi connectivity index (χ4n) is 1.33. The molecule has 1 nitrogen and oxygen atoms in total. The van der Waals surface area contributed by atoms with Crippen LogP contribution in [0.1, 0.15) is 53.9 Å². The largest absolute Gasteiger partial charge is 0.414 e. The van der Waals surface area contributed by atoms with E-state index in [0.717, 1.165) is 19.3 Å². The summed E-state index contributed by atoms with van der Waals surface area (Å²) in [5, 5.41) is 0.300. The van der Waals surface area contributed by atoms with E-state index in [0.29, 0.717) is 11.1 Å². The first-order valence-electron chi connectivity index (χ1n) is 6.48. The highest BCUT2D eigenvalue weighted by atomic mass is 28.4. The molecule has 0 rings (SSSR count). The number of rotatable bonds is 6. The van der Waals surface area contributed by atoms with E-state index >= 15 is 0 Å². The van der Waals surface area contributed by atoms with Crippen LogP contribution in [0.25, 0.3) is 0 Å². The number of hydrogen-bond donors (Lipinski definition) is 0. The first-order chi connectivity index (χ1) is 7.14. The minimum atomic E-state index is -1.61. The Bertz CT molecular complexity index is 225. The van der Waals surface area contributed by atoms with Gasteiger partial charge in [-0.05, 0) is 37.4 Å². The average Bonchev–Trinajstić information content (AvgIpc) is 2.14. The lowest BCUT2D eigenvalue weighted by molar-refractivity contribution is 0.175. The van der Waals surface area contributed by atoms with Gasteiger partial charge in [-0.1, -0.05) is 46.8 Å². The summed E-state index contributed by atoms with van der Waals surface area (Å²) < 4.78 is 6.40. The smallest absolute Gasteiger partial charge is 0.192 e. The van der Waals surface area contributed by atoms with E-state index in [-0.39, 0.29) is 0 Å². The molecule has 0 aromatic heterocycles. The normalized spacial score (nSPS) is 14.9. The van der Waals surface area contributed by atoms with Crippen molar-refractivity contribution in [1.82, 2.24) is 0 Å². The van der Waals surface area contributed by atoms with Crippen molar-refractivity contribution in [2.24, 2.45) is 0 Å². The van der Waals surface area contributed by atoms with Crippen LogP contribution in [0.5, 0.6) is 0 Å². The van der Waals surface area contributed by atoms with Gasteiger partial charge >= 0.3 is 0 Å². The van der Waals surface area contributed by atoms with Gasteiger partial charge in [0.25, 0.3) is 0 Å². The Morgan fingerprint density at radius 1 is 1.25 bits per heavy atom. The maximum absolute atomic E-state index is 6.40. The molecule has 0 bridgehead atoms. The zero-order valence-corrected chi connectivity index (χ0v) is 13.3. The van der Waals surface area contributed by atoms with Crippen LogP contribution in [0.4, 0.5) is 0 Å². The molecule has 0 N–H and O–H groups in total. The minimum Gasteiger partial charge on any atom is -0.414 e. The Morgan fingerprint density at radius 3 is 2.06 bits per heavy atom. The molecule has 0 heterocycles. The molecule has 0 amide bonds. The summed E-state index contributed by atoms with van der Waals surface area (Å²) in [5.41, 5.74) is 1.31. The summed E-state index contributed by atoms with van der Waals surface area (Å²) in [5.74, 6) is 0. The second-order valence-corrected chi connectivity index (χ2v) is 11.0. The lowest BCUT2D eigenvalue weighted by Crippen LogP contribution is -2.43. The Kier molecular flexibility index (Phi) is 5.98. The van der Waals surface area contributed by atoms with Crippen LogP contribution >= 0.6 is 0 Å². The average molecular weight is 242 g/mol. The molecular formula is C14H30OSi. The maximum atomic E-state index is 6.40. The summed E-state index contributed by atoms with van der Waals surface area (Å²) in [6.07, 6.45) is 3.55. The Labute approximate surface area is 103 Å². The molecule has 0 fully saturated rings. The van der Waals surface area contributed by atoms with Crippen LogP contribution in [0.2, 0.25) is 18.1 Å². The predicted octanol–water partition coefficient (Wildman–Crippen LogP) is 5.14. The van der Waals surface area contributed by atoms with Crippen LogP contribution in [-0.2, 0) is 4.43 Å². The van der Waals surface area contributed by atoms with Crippen molar-refractivity contribution >= 4 is 8.32 Å². The van der Waals surface area contributed by atoms with Gasteiger partial charge in [-0.3, -0.25) is 0 Å². The van der Waals surface area contributed by atoms with Crippen molar-refractivity contribution in [3.05, 3.63) is 12.2 Å². The highest BCUT2D eigenvalue weighted by Crippen LogP contribution is 2.38. The summed E-state index contributed by atoms with van der Waals surface area (Å²) in [7, 11) is -1.61. The molecule has 16 heavy (non-hydrogen) atoms. The molecule has 0 saturated carbocycles. The molecule has 0 unspecified atom stereocenters. The second kappa shape index (κ2) is 6.01. The molecule has 0 spiro atoms. The Balaban J connectivity index is 4.48. The summed E-state index contributed by atoms with van der Waals surface area (Å²) >= 11 is 0. The third kappa shape index (κ3) is 4.83. The van der Waals surface area contributed by atoms with Crippen molar-refractivity contribution < 1.29 is 4.43 Å². The van der Waals surface area contributed by atoms with Crippen LogP contribution in [-0.4, -0.2) is 14.4 Å². The zero-order valence-electron chi connectivity index (χ0n) is 12.3. The molecule has 0 aliphatic heterocycles. The molecule has 96 valence electrons. The molecule has 0 aromatic rings. The first-order valence-corrected chi connectivity index (χ1v) is 9.39. The van der Waals surface area contributed by atoms with Crippen LogP contribution in [0.15, 0.2) is 12.2 Å². The molecule has 1 atom stereocenters. The van der Waals surface area contributed by atoms with E-state index in [1.54, 1.807) is 0 Å². The van der Waals surface area contributed by atoms with Gasteiger partial charge in [-0.15, -0.1) is 0 Å². The molecule has 0 aliphatic rings. The molecular weight excluding hydrogens is 212 g/mol. The van der Waals surface area contributed by atoms with Crippen molar-refractivity contribution in [2.45, 2.75) is 78.1 Å². The van der Waals surface area contributed by atoms with Gasteiger partial charge < -0.3 is 4.43 Å². The topological polar surface area (TPSA) is 9.23 Å². The van der Waals surface area contributed by atoms with E-state index in [9.17, 15) is 0 Å². The fourth-order valence-corrected chi connectivity index (χ4v) is 2.77. The monoisotopic (exact) mass is 242 g/mol. The molecule has 0 aromatic carbocycles. The summed E-state index contributed by atoms with van der Waals surface area (Å²) in [4.78, 5) is 0. The van der Waals surface area contributed by atoms with Gasteiger partial charge in [-0.25, -0.2) is 0 Å². The number of hydrogen-bond acceptors (Lipinski definition) is 1. The third-order valence-electron chi connectivity index (χ3n) is 3.74. The third-order valence-corrected chi connectivity index (χ3v) is 8.27. The minimum absolute atomic E-state index is 0.300. The van der Waals surface area contributed by atoms with Gasteiger partial charge in [0.1, 0.15) is 0 Å². The van der Waals surface area contributed by atoms with Crippen molar-refractivity contribution in [1.29, 1.82) is 0 Å². The Morgan fingerprint density at radius 2 is 1.75 bits per heavy atom. The summed E-state index contributed by atoms with van der Waals surface area (Å²) in [6, 6.07) is 0. The van der Waals surface area contributed by atoms with Crippen molar-refractivity contribution in [2.75, 3.05) is 0 Å². The highest BCUT2D eigenvalue weighted by Gasteiger charge is 2.38. The predicted molar refractivity (Wildman–Crippen MR) is 76.4 cm³/mol. The Hall–Kier alpha value is -0.0831.